The molecule has 27 heavy (non-hydrogen) atoms. The number of aromatic nitrogens is 2. The second-order valence-corrected chi connectivity index (χ2v) is 6.26. The van der Waals surface area contributed by atoms with Crippen LogP contribution < -0.4 is 10.9 Å². The highest BCUT2D eigenvalue weighted by molar-refractivity contribution is 5.74. The van der Waals surface area contributed by atoms with Gasteiger partial charge in [-0.05, 0) is 42.8 Å². The summed E-state index contributed by atoms with van der Waals surface area (Å²) in [6.45, 7) is 0.952. The molecule has 0 unspecified atom stereocenters. The van der Waals surface area contributed by atoms with Crippen LogP contribution in [0.4, 0.5) is 9.18 Å². The normalized spacial score (nSPS) is 13.3. The zero-order valence-electron chi connectivity index (χ0n) is 14.4. The molecule has 1 aromatic carbocycles. The van der Waals surface area contributed by atoms with Gasteiger partial charge in [-0.15, -0.1) is 0 Å². The fraction of sp³-hybridized carbons (Fsp3) is 0.211. The lowest BCUT2D eigenvalue weighted by molar-refractivity contribution is 0.190. The molecular formula is C19H17FN4O3. The monoisotopic (exact) mass is 368 g/mol. The average molecular weight is 368 g/mol. The summed E-state index contributed by atoms with van der Waals surface area (Å²) in [6.07, 6.45) is 1.97. The van der Waals surface area contributed by atoms with E-state index in [4.69, 9.17) is 4.42 Å². The van der Waals surface area contributed by atoms with Crippen molar-refractivity contribution in [2.45, 2.75) is 19.5 Å². The van der Waals surface area contributed by atoms with Crippen LogP contribution in [0.3, 0.4) is 0 Å². The van der Waals surface area contributed by atoms with E-state index in [0.717, 1.165) is 0 Å². The molecule has 138 valence electrons. The lowest BCUT2D eigenvalue weighted by atomic mass is 10.1. The van der Waals surface area contributed by atoms with Gasteiger partial charge in [-0.25, -0.2) is 14.2 Å². The Labute approximate surface area is 153 Å². The Morgan fingerprint density at radius 1 is 1.30 bits per heavy atom. The molecule has 3 aromatic rings. The number of urea groups is 1. The number of carbonyl (C=O) groups excluding carboxylic acids is 1. The summed E-state index contributed by atoms with van der Waals surface area (Å²) < 4.78 is 18.3. The minimum Gasteiger partial charge on any atom is -0.467 e. The molecule has 1 aliphatic rings. The fourth-order valence-electron chi connectivity index (χ4n) is 3.05. The lowest BCUT2D eigenvalue weighted by Gasteiger charge is -2.27. The summed E-state index contributed by atoms with van der Waals surface area (Å²) in [5.41, 5.74) is 1.51. The second-order valence-electron chi connectivity index (χ2n) is 6.26. The molecule has 2 aromatic heterocycles. The van der Waals surface area contributed by atoms with Crippen LogP contribution in [0.25, 0.3) is 11.4 Å². The van der Waals surface area contributed by atoms with Crippen molar-refractivity contribution < 1.29 is 13.6 Å². The zero-order chi connectivity index (χ0) is 18.8. The van der Waals surface area contributed by atoms with Crippen molar-refractivity contribution in [3.05, 3.63) is 75.9 Å². The van der Waals surface area contributed by atoms with Crippen LogP contribution in [0.5, 0.6) is 0 Å². The molecule has 0 aliphatic carbocycles. The predicted octanol–water partition coefficient (Wildman–Crippen LogP) is 2.44. The number of benzene rings is 1. The maximum Gasteiger partial charge on any atom is 0.318 e. The largest absolute Gasteiger partial charge is 0.467 e. The summed E-state index contributed by atoms with van der Waals surface area (Å²) in [7, 11) is 0. The molecule has 1 aliphatic heterocycles. The maximum atomic E-state index is 13.1. The number of nitrogens with one attached hydrogen (secondary N) is 2. The Hall–Kier alpha value is -3.42. The average Bonchev–Trinajstić information content (AvgIpc) is 3.20. The van der Waals surface area contributed by atoms with E-state index in [9.17, 15) is 14.0 Å². The number of hydrogen-bond acceptors (Lipinski definition) is 4. The third kappa shape index (κ3) is 3.59. The van der Waals surface area contributed by atoms with Crippen LogP contribution in [-0.2, 0) is 19.5 Å². The first kappa shape index (κ1) is 17.0. The molecule has 0 atom stereocenters. The van der Waals surface area contributed by atoms with E-state index in [-0.39, 0.29) is 24.0 Å². The van der Waals surface area contributed by atoms with Crippen LogP contribution in [0.2, 0.25) is 0 Å². The van der Waals surface area contributed by atoms with Crippen LogP contribution >= 0.6 is 0 Å². The molecule has 0 radical (unpaired) electrons. The van der Waals surface area contributed by atoms with E-state index in [0.29, 0.717) is 47.9 Å². The second kappa shape index (κ2) is 7.06. The predicted molar refractivity (Wildman–Crippen MR) is 95.3 cm³/mol. The van der Waals surface area contributed by atoms with Gasteiger partial charge in [-0.2, -0.15) is 0 Å². The van der Waals surface area contributed by atoms with E-state index in [2.05, 4.69) is 15.3 Å². The summed E-state index contributed by atoms with van der Waals surface area (Å²) >= 11 is 0. The third-order valence-electron chi connectivity index (χ3n) is 4.47. The molecule has 3 heterocycles. The Kier molecular flexibility index (Phi) is 4.45. The summed E-state index contributed by atoms with van der Waals surface area (Å²) in [4.78, 5) is 33.6. The number of furan rings is 1. The number of carbonyl (C=O) groups is 1. The topological polar surface area (TPSA) is 91.2 Å². The smallest absolute Gasteiger partial charge is 0.318 e. The number of fused-ring (bicyclic) bond motifs is 1. The number of nitrogens with zero attached hydrogens (tertiary/aromatic N) is 2. The van der Waals surface area contributed by atoms with Crippen molar-refractivity contribution in [3.8, 4) is 11.4 Å². The highest BCUT2D eigenvalue weighted by Gasteiger charge is 2.24. The highest BCUT2D eigenvalue weighted by Crippen LogP contribution is 2.19. The molecule has 2 amide bonds. The number of hydrogen-bond donors (Lipinski definition) is 2. The van der Waals surface area contributed by atoms with Gasteiger partial charge in [0.1, 0.15) is 17.4 Å². The molecular weight excluding hydrogens is 351 g/mol. The van der Waals surface area contributed by atoms with Gasteiger partial charge in [-0.3, -0.25) is 4.79 Å². The molecule has 8 heteroatoms. The molecule has 4 rings (SSSR count). The molecule has 0 bridgehead atoms. The van der Waals surface area contributed by atoms with E-state index in [1.807, 2.05) is 0 Å². The van der Waals surface area contributed by atoms with Crippen molar-refractivity contribution in [1.82, 2.24) is 20.2 Å². The third-order valence-corrected chi connectivity index (χ3v) is 4.47. The first-order valence-corrected chi connectivity index (χ1v) is 8.53. The van der Waals surface area contributed by atoms with Crippen molar-refractivity contribution >= 4 is 6.03 Å². The van der Waals surface area contributed by atoms with Gasteiger partial charge in [0.2, 0.25) is 0 Å². The summed E-state index contributed by atoms with van der Waals surface area (Å²) in [6, 6.07) is 9.01. The number of amides is 2. The van der Waals surface area contributed by atoms with Crippen LogP contribution in [-0.4, -0.2) is 27.4 Å². The quantitative estimate of drug-likeness (QED) is 0.743. The lowest BCUT2D eigenvalue weighted by Crippen LogP contribution is -2.44. The Morgan fingerprint density at radius 2 is 2.11 bits per heavy atom. The first-order valence-electron chi connectivity index (χ1n) is 8.53. The Bertz CT molecular complexity index is 1010. The minimum absolute atomic E-state index is 0.227. The maximum absolute atomic E-state index is 13.1. The van der Waals surface area contributed by atoms with Crippen LogP contribution in [0, 0.1) is 5.82 Å². The van der Waals surface area contributed by atoms with E-state index in [1.54, 1.807) is 35.4 Å². The number of rotatable bonds is 3. The van der Waals surface area contributed by atoms with Gasteiger partial charge < -0.3 is 19.6 Å². The zero-order valence-corrected chi connectivity index (χ0v) is 14.4. The van der Waals surface area contributed by atoms with E-state index < -0.39 is 0 Å². The SMILES string of the molecule is O=C(NCc1ccco1)N1CCc2c(nc(-c3ccc(F)cc3)[nH]c2=O)C1. The van der Waals surface area contributed by atoms with E-state index in [1.165, 1.54) is 12.1 Å². The van der Waals surface area contributed by atoms with Gasteiger partial charge in [0.15, 0.2) is 0 Å². The van der Waals surface area contributed by atoms with Crippen LogP contribution in [0.1, 0.15) is 17.0 Å². The van der Waals surface area contributed by atoms with Crippen LogP contribution in [0.15, 0.2) is 51.9 Å². The summed E-state index contributed by atoms with van der Waals surface area (Å²) in [5.74, 6) is 0.656. The van der Waals surface area contributed by atoms with Crippen molar-refractivity contribution in [2.24, 2.45) is 0 Å². The fourth-order valence-corrected chi connectivity index (χ4v) is 3.05. The molecule has 2 N–H and O–H groups in total. The molecule has 7 nitrogen and oxygen atoms in total. The summed E-state index contributed by atoms with van der Waals surface area (Å²) in [5, 5.41) is 2.79. The molecule has 0 fully saturated rings. The van der Waals surface area contributed by atoms with Gasteiger partial charge in [0.05, 0.1) is 25.0 Å². The van der Waals surface area contributed by atoms with Gasteiger partial charge in [0, 0.05) is 17.7 Å². The Morgan fingerprint density at radius 3 is 2.85 bits per heavy atom. The molecule has 0 saturated carbocycles. The minimum atomic E-state index is -0.363. The Balaban J connectivity index is 1.53. The standard InChI is InChI=1S/C19H17FN4O3/c20-13-5-3-12(4-6-13)17-22-16-11-24(8-7-15(16)18(25)23-17)19(26)21-10-14-2-1-9-27-14/h1-6,9H,7-8,10-11H2,(H,21,26)(H,22,23,25). The van der Waals surface area contributed by atoms with Gasteiger partial charge in [0.25, 0.3) is 5.56 Å². The van der Waals surface area contributed by atoms with Crippen molar-refractivity contribution in [3.63, 3.8) is 0 Å². The van der Waals surface area contributed by atoms with Crippen molar-refractivity contribution in [1.29, 1.82) is 0 Å². The molecule has 0 spiro atoms. The molecule has 0 saturated heterocycles. The van der Waals surface area contributed by atoms with Gasteiger partial charge >= 0.3 is 6.03 Å². The van der Waals surface area contributed by atoms with Crippen molar-refractivity contribution in [2.75, 3.05) is 6.54 Å². The van der Waals surface area contributed by atoms with E-state index >= 15 is 0 Å². The number of H-pyrrole nitrogens is 1. The number of aromatic amines is 1. The van der Waals surface area contributed by atoms with Gasteiger partial charge in [-0.1, -0.05) is 0 Å². The number of halogens is 1. The first-order chi connectivity index (χ1) is 13.1. The highest BCUT2D eigenvalue weighted by atomic mass is 19.1.